The molecule has 1 saturated heterocycles. The average molecular weight is 340 g/mol. The number of carbonyl (C=O) groups is 1. The molecule has 0 saturated carbocycles. The molecule has 2 aromatic rings. The van der Waals surface area contributed by atoms with Gasteiger partial charge in [-0.05, 0) is 24.1 Å². The van der Waals surface area contributed by atoms with Crippen LogP contribution in [0.15, 0.2) is 30.5 Å². The summed E-state index contributed by atoms with van der Waals surface area (Å²) in [5, 5.41) is 17.2. The van der Waals surface area contributed by atoms with Crippen LogP contribution in [-0.4, -0.2) is 43.6 Å². The Balaban J connectivity index is 1.94. The number of alkyl halides is 3. The van der Waals surface area contributed by atoms with E-state index in [1.165, 1.54) is 27.9 Å². The zero-order valence-electron chi connectivity index (χ0n) is 12.7. The molecule has 128 valence electrons. The Hall–Kier alpha value is -2.42. The number of hydrogen-bond acceptors (Lipinski definition) is 4. The van der Waals surface area contributed by atoms with Gasteiger partial charge in [-0.1, -0.05) is 17.3 Å². The summed E-state index contributed by atoms with van der Waals surface area (Å²) in [7, 11) is 1.55. The second-order valence-corrected chi connectivity index (χ2v) is 5.73. The van der Waals surface area contributed by atoms with Gasteiger partial charge in [-0.25, -0.2) is 4.68 Å². The van der Waals surface area contributed by atoms with E-state index >= 15 is 0 Å². The highest BCUT2D eigenvalue weighted by Gasteiger charge is 2.38. The first-order valence-corrected chi connectivity index (χ1v) is 7.28. The molecule has 2 atom stereocenters. The summed E-state index contributed by atoms with van der Waals surface area (Å²) in [4.78, 5) is 14.0. The van der Waals surface area contributed by atoms with E-state index in [2.05, 4.69) is 10.3 Å². The zero-order chi connectivity index (χ0) is 17.5. The molecule has 1 aliphatic heterocycles. The van der Waals surface area contributed by atoms with Crippen LogP contribution in [0, 0.1) is 0 Å². The quantitative estimate of drug-likeness (QED) is 0.905. The lowest BCUT2D eigenvalue weighted by Gasteiger charge is -2.25. The molecule has 0 bridgehead atoms. The smallest absolute Gasteiger partial charge is 0.391 e. The maximum absolute atomic E-state index is 12.9. The summed E-state index contributed by atoms with van der Waals surface area (Å²) in [5.41, 5.74) is -0.234. The van der Waals surface area contributed by atoms with Gasteiger partial charge in [0.2, 0.25) is 0 Å². The van der Waals surface area contributed by atoms with Crippen LogP contribution in [0.4, 0.5) is 13.2 Å². The fourth-order valence-corrected chi connectivity index (χ4v) is 2.91. The third-order valence-electron chi connectivity index (χ3n) is 4.07. The fourth-order valence-electron chi connectivity index (χ4n) is 2.91. The number of aromatic nitrogens is 3. The van der Waals surface area contributed by atoms with Gasteiger partial charge in [0.15, 0.2) is 0 Å². The number of carbonyl (C=O) groups excluding carboxylic acids is 1. The first-order valence-electron chi connectivity index (χ1n) is 7.28. The topological polar surface area (TPSA) is 71.2 Å². The summed E-state index contributed by atoms with van der Waals surface area (Å²) in [6.07, 6.45) is -3.79. The van der Waals surface area contributed by atoms with E-state index in [-0.39, 0.29) is 18.7 Å². The van der Waals surface area contributed by atoms with Crippen LogP contribution >= 0.6 is 0 Å². The molecule has 24 heavy (non-hydrogen) atoms. The highest BCUT2D eigenvalue weighted by atomic mass is 19.4. The molecular formula is C15H15F3N4O2. The maximum Gasteiger partial charge on any atom is 0.416 e. The highest BCUT2D eigenvalue weighted by molar-refractivity contribution is 5.92. The van der Waals surface area contributed by atoms with Gasteiger partial charge in [0.25, 0.3) is 5.91 Å². The third-order valence-corrected chi connectivity index (χ3v) is 4.07. The molecule has 1 N–H and O–H groups in total. The van der Waals surface area contributed by atoms with Gasteiger partial charge in [-0.15, -0.1) is 5.10 Å². The summed E-state index contributed by atoms with van der Waals surface area (Å²) >= 11 is 0. The molecular weight excluding hydrogens is 325 g/mol. The minimum atomic E-state index is -4.46. The Labute approximate surface area is 135 Å². The lowest BCUT2D eigenvalue weighted by atomic mass is 10.0. The molecule has 3 rings (SSSR count). The Morgan fingerprint density at radius 3 is 2.75 bits per heavy atom. The first-order chi connectivity index (χ1) is 11.3. The SMILES string of the molecule is Cn1nncc1C(=O)N1C[C@@H](O)C[C@H]1c1cccc(C(F)(F)F)c1. The monoisotopic (exact) mass is 340 g/mol. The molecule has 6 nitrogen and oxygen atoms in total. The van der Waals surface area contributed by atoms with E-state index in [1.54, 1.807) is 7.05 Å². The number of likely N-dealkylation sites (tertiary alicyclic amines) is 1. The van der Waals surface area contributed by atoms with Crippen molar-refractivity contribution < 1.29 is 23.1 Å². The first kappa shape index (κ1) is 16.4. The van der Waals surface area contributed by atoms with Gasteiger partial charge in [0, 0.05) is 13.6 Å². The van der Waals surface area contributed by atoms with E-state index in [9.17, 15) is 23.1 Å². The van der Waals surface area contributed by atoms with Gasteiger partial charge in [-0.3, -0.25) is 4.79 Å². The average Bonchev–Trinajstić information content (AvgIpc) is 3.12. The normalized spacial score (nSPS) is 21.3. The number of aliphatic hydroxyl groups excluding tert-OH is 1. The highest BCUT2D eigenvalue weighted by Crippen LogP contribution is 2.36. The van der Waals surface area contributed by atoms with Crippen LogP contribution in [-0.2, 0) is 13.2 Å². The van der Waals surface area contributed by atoms with Crippen LogP contribution in [0.3, 0.4) is 0 Å². The molecule has 1 aromatic carbocycles. The maximum atomic E-state index is 12.9. The lowest BCUT2D eigenvalue weighted by molar-refractivity contribution is -0.137. The number of aliphatic hydroxyl groups is 1. The van der Waals surface area contributed by atoms with Crippen molar-refractivity contribution in [2.24, 2.45) is 7.05 Å². The summed E-state index contributed by atoms with van der Waals surface area (Å²) in [6, 6.07) is 4.19. The number of hydrogen-bond donors (Lipinski definition) is 1. The van der Waals surface area contributed by atoms with E-state index in [0.717, 1.165) is 12.1 Å². The molecule has 0 radical (unpaired) electrons. The number of nitrogens with zero attached hydrogens (tertiary/aromatic N) is 4. The van der Waals surface area contributed by atoms with Crippen molar-refractivity contribution in [1.82, 2.24) is 19.9 Å². The van der Waals surface area contributed by atoms with Gasteiger partial charge in [-0.2, -0.15) is 13.2 Å². The van der Waals surface area contributed by atoms with Gasteiger partial charge >= 0.3 is 6.18 Å². The van der Waals surface area contributed by atoms with Crippen molar-refractivity contribution in [1.29, 1.82) is 0 Å². The number of halogens is 3. The number of amides is 1. The predicted octanol–water partition coefficient (Wildman–Crippen LogP) is 1.78. The minimum absolute atomic E-state index is 0.0466. The molecule has 9 heteroatoms. The molecule has 1 aromatic heterocycles. The predicted molar refractivity (Wildman–Crippen MR) is 76.8 cm³/mol. The number of aryl methyl sites for hydroxylation is 1. The molecule has 1 aliphatic rings. The van der Waals surface area contributed by atoms with E-state index in [0.29, 0.717) is 5.56 Å². The van der Waals surface area contributed by atoms with Crippen molar-refractivity contribution in [3.05, 3.63) is 47.3 Å². The molecule has 1 fully saturated rings. The summed E-state index contributed by atoms with van der Waals surface area (Å²) < 4.78 is 40.0. The Kier molecular flexibility index (Phi) is 4.04. The fraction of sp³-hybridized carbons (Fsp3) is 0.400. The number of β-amino-alcohol motifs (C(OH)–C–C–N with tert-alkyl or cyclic N) is 1. The molecule has 0 unspecified atom stereocenters. The largest absolute Gasteiger partial charge is 0.416 e. The van der Waals surface area contributed by atoms with Gasteiger partial charge in [0.1, 0.15) is 5.69 Å². The molecule has 0 aliphatic carbocycles. The Morgan fingerprint density at radius 2 is 2.12 bits per heavy atom. The number of benzene rings is 1. The molecule has 0 spiro atoms. The van der Waals surface area contributed by atoms with E-state index < -0.39 is 29.8 Å². The second kappa shape index (κ2) is 5.90. The van der Waals surface area contributed by atoms with Crippen LogP contribution in [0.2, 0.25) is 0 Å². The Bertz CT molecular complexity index is 759. The van der Waals surface area contributed by atoms with Gasteiger partial charge in [0.05, 0.1) is 23.9 Å². The summed E-state index contributed by atoms with van der Waals surface area (Å²) in [5.74, 6) is -0.429. The van der Waals surface area contributed by atoms with E-state index in [4.69, 9.17) is 0 Å². The molecule has 1 amide bonds. The molecule has 2 heterocycles. The van der Waals surface area contributed by atoms with Crippen molar-refractivity contribution in [2.75, 3.05) is 6.54 Å². The van der Waals surface area contributed by atoms with Crippen LogP contribution < -0.4 is 0 Å². The van der Waals surface area contributed by atoms with Crippen molar-refractivity contribution in [2.45, 2.75) is 24.7 Å². The number of rotatable bonds is 2. The minimum Gasteiger partial charge on any atom is -0.391 e. The standard InChI is InChI=1S/C15H15F3N4O2/c1-21-13(7-19-20-21)14(24)22-8-11(23)6-12(22)9-3-2-4-10(5-9)15(16,17)18/h2-5,7,11-12,23H,6,8H2,1H3/t11-,12-/m0/s1. The van der Waals surface area contributed by atoms with Crippen LogP contribution in [0.1, 0.15) is 34.1 Å². The summed E-state index contributed by atoms with van der Waals surface area (Å²) in [6.45, 7) is 0.0466. The van der Waals surface area contributed by atoms with Crippen molar-refractivity contribution in [3.63, 3.8) is 0 Å². The van der Waals surface area contributed by atoms with Crippen LogP contribution in [0.5, 0.6) is 0 Å². The zero-order valence-corrected chi connectivity index (χ0v) is 12.7. The Morgan fingerprint density at radius 1 is 1.38 bits per heavy atom. The van der Waals surface area contributed by atoms with E-state index in [1.807, 2.05) is 0 Å². The second-order valence-electron chi connectivity index (χ2n) is 5.73. The van der Waals surface area contributed by atoms with Gasteiger partial charge < -0.3 is 10.0 Å². The van der Waals surface area contributed by atoms with Crippen LogP contribution in [0.25, 0.3) is 0 Å². The van der Waals surface area contributed by atoms with Crippen molar-refractivity contribution >= 4 is 5.91 Å². The lowest BCUT2D eigenvalue weighted by Crippen LogP contribution is -2.33. The third kappa shape index (κ3) is 2.99. The van der Waals surface area contributed by atoms with Crippen molar-refractivity contribution in [3.8, 4) is 0 Å².